The highest BCUT2D eigenvalue weighted by atomic mass is 32.1. The zero-order valence-electron chi connectivity index (χ0n) is 14.1. The molecule has 0 bridgehead atoms. The molecular formula is C16H21N3O4S. The molecule has 2 aromatic heterocycles. The van der Waals surface area contributed by atoms with Crippen LogP contribution in [0, 0.1) is 18.8 Å². The number of amides is 1. The lowest BCUT2D eigenvalue weighted by atomic mass is 9.97. The molecule has 2 N–H and O–H groups in total. The molecule has 0 fully saturated rings. The molecule has 0 saturated carbocycles. The number of carboxylic acids is 1. The second-order valence-electron chi connectivity index (χ2n) is 6.27. The minimum Gasteiger partial charge on any atom is -0.481 e. The quantitative estimate of drug-likeness (QED) is 0.826. The van der Waals surface area contributed by atoms with Crippen molar-refractivity contribution in [1.82, 2.24) is 14.9 Å². The number of nitrogens with one attached hydrogen (secondary N) is 1. The summed E-state index contributed by atoms with van der Waals surface area (Å²) in [6.07, 6.45) is 1.91. The molecule has 7 nitrogen and oxygen atoms in total. The number of rotatable bonds is 6. The summed E-state index contributed by atoms with van der Waals surface area (Å²) < 4.78 is 1.37. The molecule has 24 heavy (non-hydrogen) atoms. The summed E-state index contributed by atoms with van der Waals surface area (Å²) in [5.41, 5.74) is 0.382. The van der Waals surface area contributed by atoms with E-state index in [1.165, 1.54) is 10.9 Å². The van der Waals surface area contributed by atoms with Crippen LogP contribution in [0.5, 0.6) is 0 Å². The van der Waals surface area contributed by atoms with Gasteiger partial charge < -0.3 is 15.0 Å². The molecule has 0 aromatic carbocycles. The molecule has 0 saturated heterocycles. The molecule has 1 atom stereocenters. The Kier molecular flexibility index (Phi) is 5.38. The smallest absolute Gasteiger partial charge is 0.308 e. The Bertz CT molecular complexity index is 838. The molecule has 0 aliphatic carbocycles. The van der Waals surface area contributed by atoms with E-state index in [0.717, 1.165) is 11.3 Å². The van der Waals surface area contributed by atoms with Crippen LogP contribution in [-0.4, -0.2) is 33.1 Å². The van der Waals surface area contributed by atoms with Crippen molar-refractivity contribution in [2.75, 3.05) is 6.54 Å². The van der Waals surface area contributed by atoms with Crippen molar-refractivity contribution in [2.45, 2.75) is 27.2 Å². The summed E-state index contributed by atoms with van der Waals surface area (Å²) in [7, 11) is 1.61. The SMILES string of the molecule is Cc1c(C(=O)NCC(CC(C)C)C(=O)O)sc2ncn(C)c(=O)c12. The van der Waals surface area contributed by atoms with Gasteiger partial charge in [0, 0.05) is 13.6 Å². The Morgan fingerprint density at radius 1 is 1.42 bits per heavy atom. The first-order chi connectivity index (χ1) is 11.2. The van der Waals surface area contributed by atoms with Crippen molar-refractivity contribution in [3.05, 3.63) is 27.1 Å². The van der Waals surface area contributed by atoms with Gasteiger partial charge in [0.15, 0.2) is 0 Å². The number of aliphatic carboxylic acids is 1. The second-order valence-corrected chi connectivity index (χ2v) is 7.27. The summed E-state index contributed by atoms with van der Waals surface area (Å²) >= 11 is 1.14. The molecular weight excluding hydrogens is 330 g/mol. The summed E-state index contributed by atoms with van der Waals surface area (Å²) in [6.45, 7) is 5.65. The van der Waals surface area contributed by atoms with Gasteiger partial charge in [0.2, 0.25) is 0 Å². The normalized spacial score (nSPS) is 12.5. The number of hydrogen-bond acceptors (Lipinski definition) is 5. The van der Waals surface area contributed by atoms with Crippen LogP contribution in [-0.2, 0) is 11.8 Å². The van der Waals surface area contributed by atoms with Crippen molar-refractivity contribution >= 4 is 33.4 Å². The Balaban J connectivity index is 2.23. The first-order valence-corrected chi connectivity index (χ1v) is 8.49. The zero-order valence-corrected chi connectivity index (χ0v) is 14.9. The number of aromatic nitrogens is 2. The van der Waals surface area contributed by atoms with E-state index in [2.05, 4.69) is 10.3 Å². The Morgan fingerprint density at radius 3 is 2.67 bits per heavy atom. The van der Waals surface area contributed by atoms with Crippen molar-refractivity contribution in [1.29, 1.82) is 0 Å². The number of fused-ring (bicyclic) bond motifs is 1. The highest BCUT2D eigenvalue weighted by Gasteiger charge is 2.23. The van der Waals surface area contributed by atoms with Gasteiger partial charge in [-0.05, 0) is 24.8 Å². The fourth-order valence-electron chi connectivity index (χ4n) is 2.56. The number of carboxylic acid groups (broad SMARTS) is 1. The Labute approximate surface area is 143 Å². The van der Waals surface area contributed by atoms with Crippen LogP contribution in [0.15, 0.2) is 11.1 Å². The fourth-order valence-corrected chi connectivity index (χ4v) is 3.62. The van der Waals surface area contributed by atoms with Crippen molar-refractivity contribution in [3.8, 4) is 0 Å². The summed E-state index contributed by atoms with van der Waals surface area (Å²) in [6, 6.07) is 0. The first kappa shape index (κ1) is 18.1. The zero-order chi connectivity index (χ0) is 18.0. The van der Waals surface area contributed by atoms with Gasteiger partial charge in [-0.25, -0.2) is 4.98 Å². The summed E-state index contributed by atoms with van der Waals surface area (Å²) in [5.74, 6) is -1.70. The maximum absolute atomic E-state index is 12.4. The van der Waals surface area contributed by atoms with Crippen LogP contribution in [0.3, 0.4) is 0 Å². The van der Waals surface area contributed by atoms with Crippen LogP contribution in [0.4, 0.5) is 0 Å². The topological polar surface area (TPSA) is 101 Å². The third-order valence-electron chi connectivity index (χ3n) is 3.83. The molecule has 8 heteroatoms. The molecule has 2 heterocycles. The summed E-state index contributed by atoms with van der Waals surface area (Å²) in [5, 5.41) is 12.4. The number of thiophene rings is 1. The lowest BCUT2D eigenvalue weighted by Crippen LogP contribution is -2.33. The Hall–Kier alpha value is -2.22. The number of aryl methyl sites for hydroxylation is 2. The van der Waals surface area contributed by atoms with E-state index in [4.69, 9.17) is 0 Å². The van der Waals surface area contributed by atoms with Crippen LogP contribution >= 0.6 is 11.3 Å². The van der Waals surface area contributed by atoms with E-state index >= 15 is 0 Å². The lowest BCUT2D eigenvalue weighted by Gasteiger charge is -2.15. The van der Waals surface area contributed by atoms with Crippen molar-refractivity contribution in [2.24, 2.45) is 18.9 Å². The van der Waals surface area contributed by atoms with E-state index in [1.54, 1.807) is 14.0 Å². The predicted octanol–water partition coefficient (Wildman–Crippen LogP) is 1.78. The van der Waals surface area contributed by atoms with E-state index in [1.807, 2.05) is 13.8 Å². The Morgan fingerprint density at radius 2 is 2.08 bits per heavy atom. The largest absolute Gasteiger partial charge is 0.481 e. The minimum atomic E-state index is -0.924. The van der Waals surface area contributed by atoms with Crippen molar-refractivity contribution in [3.63, 3.8) is 0 Å². The maximum Gasteiger partial charge on any atom is 0.308 e. The summed E-state index contributed by atoms with van der Waals surface area (Å²) in [4.78, 5) is 41.0. The maximum atomic E-state index is 12.4. The molecule has 0 radical (unpaired) electrons. The van der Waals surface area contributed by atoms with Crippen LogP contribution in [0.25, 0.3) is 10.2 Å². The lowest BCUT2D eigenvalue weighted by molar-refractivity contribution is -0.142. The van der Waals surface area contributed by atoms with Gasteiger partial charge in [0.05, 0.1) is 22.5 Å². The van der Waals surface area contributed by atoms with E-state index in [-0.39, 0.29) is 23.9 Å². The highest BCUT2D eigenvalue weighted by Crippen LogP contribution is 2.26. The average Bonchev–Trinajstić information content (AvgIpc) is 2.84. The van der Waals surface area contributed by atoms with Crippen molar-refractivity contribution < 1.29 is 14.7 Å². The van der Waals surface area contributed by atoms with Gasteiger partial charge in [-0.2, -0.15) is 0 Å². The monoisotopic (exact) mass is 351 g/mol. The third-order valence-corrected chi connectivity index (χ3v) is 5.03. The minimum absolute atomic E-state index is 0.0610. The number of nitrogens with zero attached hydrogens (tertiary/aromatic N) is 2. The van der Waals surface area contributed by atoms with Gasteiger partial charge in [0.25, 0.3) is 11.5 Å². The van der Waals surface area contributed by atoms with Crippen LogP contribution in [0.2, 0.25) is 0 Å². The second kappa shape index (κ2) is 7.12. The van der Waals surface area contributed by atoms with E-state index in [0.29, 0.717) is 27.1 Å². The molecule has 2 rings (SSSR count). The number of hydrogen-bond donors (Lipinski definition) is 2. The molecule has 0 spiro atoms. The third kappa shape index (κ3) is 3.64. The van der Waals surface area contributed by atoms with Crippen LogP contribution in [0.1, 0.15) is 35.5 Å². The molecule has 1 unspecified atom stereocenters. The van der Waals surface area contributed by atoms with Gasteiger partial charge >= 0.3 is 5.97 Å². The number of carbonyl (C=O) groups excluding carboxylic acids is 1. The van der Waals surface area contributed by atoms with E-state index < -0.39 is 11.9 Å². The van der Waals surface area contributed by atoms with Gasteiger partial charge in [0.1, 0.15) is 4.83 Å². The first-order valence-electron chi connectivity index (χ1n) is 7.68. The van der Waals surface area contributed by atoms with Crippen LogP contribution < -0.4 is 10.9 Å². The molecule has 2 aromatic rings. The molecule has 1 amide bonds. The predicted molar refractivity (Wildman–Crippen MR) is 92.5 cm³/mol. The fraction of sp³-hybridized carbons (Fsp3) is 0.500. The standard InChI is InChI=1S/C16H21N3O4S/c1-8(2)5-10(16(22)23)6-17-13(20)12-9(3)11-14(24-12)18-7-19(4)15(11)21/h7-8,10H,5-6H2,1-4H3,(H,17,20)(H,22,23). The number of carbonyl (C=O) groups is 2. The van der Waals surface area contributed by atoms with Gasteiger partial charge in [-0.15, -0.1) is 11.3 Å². The molecule has 0 aliphatic heterocycles. The van der Waals surface area contributed by atoms with E-state index in [9.17, 15) is 19.5 Å². The highest BCUT2D eigenvalue weighted by molar-refractivity contribution is 7.20. The average molecular weight is 351 g/mol. The van der Waals surface area contributed by atoms with Gasteiger partial charge in [-0.1, -0.05) is 13.8 Å². The molecule has 130 valence electrons. The molecule has 0 aliphatic rings. The van der Waals surface area contributed by atoms with Gasteiger partial charge in [-0.3, -0.25) is 14.4 Å².